The zero-order chi connectivity index (χ0) is 30.2. The third-order valence-corrected chi connectivity index (χ3v) is 8.70. The SMILES string of the molecule is C=C(N)c1ccc2c(c1)CCc1cc(C(N)=O)ccc1C2(C[C@H](C)NCC(=C)N1CCCC1C#N)c1nn(C)c(=O)[nH]1. The summed E-state index contributed by atoms with van der Waals surface area (Å²) >= 11 is 0. The number of benzene rings is 2. The van der Waals surface area contributed by atoms with Gasteiger partial charge in [-0.05, 0) is 85.0 Å². The van der Waals surface area contributed by atoms with Crippen LogP contribution >= 0.6 is 0 Å². The van der Waals surface area contributed by atoms with E-state index in [1.165, 1.54) is 4.68 Å². The Labute approximate surface area is 245 Å². The molecule has 1 saturated heterocycles. The van der Waals surface area contributed by atoms with E-state index < -0.39 is 11.3 Å². The first-order chi connectivity index (χ1) is 20.0. The van der Waals surface area contributed by atoms with Crippen LogP contribution in [0, 0.1) is 11.3 Å². The largest absolute Gasteiger partial charge is 0.399 e. The van der Waals surface area contributed by atoms with E-state index >= 15 is 0 Å². The van der Waals surface area contributed by atoms with Crippen LogP contribution in [-0.2, 0) is 25.3 Å². The predicted octanol–water partition coefficient (Wildman–Crippen LogP) is 2.44. The quantitative estimate of drug-likeness (QED) is 0.310. The number of nitriles is 1. The number of amides is 1. The number of aryl methyl sites for hydroxylation is 3. The van der Waals surface area contributed by atoms with E-state index in [4.69, 9.17) is 16.6 Å². The molecule has 0 bridgehead atoms. The van der Waals surface area contributed by atoms with Crippen LogP contribution in [0.1, 0.15) is 70.2 Å². The third-order valence-electron chi connectivity index (χ3n) is 8.70. The van der Waals surface area contributed by atoms with Gasteiger partial charge in [0.1, 0.15) is 11.9 Å². The number of hydrogen-bond donors (Lipinski definition) is 4. The molecule has 42 heavy (non-hydrogen) atoms. The average Bonchev–Trinajstić information content (AvgIpc) is 3.56. The number of rotatable bonds is 9. The Kier molecular flexibility index (Phi) is 7.80. The highest BCUT2D eigenvalue weighted by Gasteiger charge is 2.45. The number of primary amides is 1. The highest BCUT2D eigenvalue weighted by atomic mass is 16.2. The number of aromatic amines is 1. The van der Waals surface area contributed by atoms with Crippen LogP contribution in [0.4, 0.5) is 0 Å². The van der Waals surface area contributed by atoms with Gasteiger partial charge >= 0.3 is 5.69 Å². The van der Waals surface area contributed by atoms with Crippen LogP contribution in [0.15, 0.2) is 60.0 Å². The summed E-state index contributed by atoms with van der Waals surface area (Å²) in [6.07, 6.45) is 3.70. The minimum atomic E-state index is -0.872. The highest BCUT2D eigenvalue weighted by molar-refractivity contribution is 5.93. The number of nitrogens with zero attached hydrogens (tertiary/aromatic N) is 4. The lowest BCUT2D eigenvalue weighted by atomic mass is 9.67. The Morgan fingerprint density at radius 3 is 2.40 bits per heavy atom. The molecule has 2 aliphatic rings. The van der Waals surface area contributed by atoms with Crippen molar-refractivity contribution in [3.05, 3.63) is 105 Å². The molecule has 10 heteroatoms. The molecule has 218 valence electrons. The van der Waals surface area contributed by atoms with Gasteiger partial charge in [0.15, 0.2) is 0 Å². The van der Waals surface area contributed by atoms with Gasteiger partial charge in [-0.3, -0.25) is 9.78 Å². The number of carbonyl (C=O) groups excluding carboxylic acids is 1. The summed E-state index contributed by atoms with van der Waals surface area (Å²) in [5.41, 5.74) is 17.2. The van der Waals surface area contributed by atoms with Crippen LogP contribution in [-0.4, -0.2) is 50.7 Å². The average molecular weight is 567 g/mol. The van der Waals surface area contributed by atoms with E-state index in [1.54, 1.807) is 13.1 Å². The van der Waals surface area contributed by atoms with Gasteiger partial charge in [-0.15, -0.1) is 0 Å². The van der Waals surface area contributed by atoms with Gasteiger partial charge in [0.25, 0.3) is 0 Å². The molecule has 5 rings (SSSR count). The molecule has 2 unspecified atom stereocenters. The van der Waals surface area contributed by atoms with Gasteiger partial charge in [-0.1, -0.05) is 31.4 Å². The van der Waals surface area contributed by atoms with Crippen LogP contribution < -0.4 is 22.5 Å². The van der Waals surface area contributed by atoms with Crippen molar-refractivity contribution < 1.29 is 4.79 Å². The van der Waals surface area contributed by atoms with Gasteiger partial charge in [-0.2, -0.15) is 10.4 Å². The van der Waals surface area contributed by atoms with E-state index in [-0.39, 0.29) is 17.8 Å². The zero-order valence-electron chi connectivity index (χ0n) is 24.2. The van der Waals surface area contributed by atoms with Gasteiger partial charge < -0.3 is 21.7 Å². The number of fused-ring (bicyclic) bond motifs is 2. The smallest absolute Gasteiger partial charge is 0.343 e. The fraction of sp³-hybridized carbons (Fsp3) is 0.375. The number of nitrogens with two attached hydrogens (primary N) is 2. The minimum absolute atomic E-state index is 0.0748. The number of aromatic nitrogens is 3. The Bertz CT molecular complexity index is 1590. The fourth-order valence-electron chi connectivity index (χ4n) is 6.57. The normalized spacial score (nSPS) is 20.2. The molecule has 3 aromatic rings. The van der Waals surface area contributed by atoms with Gasteiger partial charge in [0.05, 0.1) is 11.5 Å². The molecule has 3 atom stereocenters. The summed E-state index contributed by atoms with van der Waals surface area (Å²) in [6.45, 7) is 11.6. The van der Waals surface area contributed by atoms with E-state index in [1.807, 2.05) is 18.2 Å². The standard InChI is InChI=1S/C32H38N8O2/c1-19(36-18-20(2)40-13-5-6-26(40)17-33)16-32(30-37-31(42)39(4)38-30)27-11-9-22(21(3)34)14-23(27)7-8-24-15-25(29(35)41)10-12-28(24)32/h9-12,14-15,19,26,36H,2-3,5-8,13,16,18,34H2,1,4H3,(H2,35,41)(H,37,38,42)/t19-,26?,32?/m0/s1. The molecule has 10 nitrogen and oxygen atoms in total. The molecule has 1 aliphatic carbocycles. The predicted molar refractivity (Wildman–Crippen MR) is 162 cm³/mol. The molecule has 2 aromatic carbocycles. The Morgan fingerprint density at radius 2 is 1.83 bits per heavy atom. The highest BCUT2D eigenvalue weighted by Crippen LogP contribution is 2.47. The molecule has 0 saturated carbocycles. The lowest BCUT2D eigenvalue weighted by Gasteiger charge is -2.37. The second-order valence-electron chi connectivity index (χ2n) is 11.5. The zero-order valence-corrected chi connectivity index (χ0v) is 24.2. The first kappa shape index (κ1) is 28.9. The number of carbonyl (C=O) groups is 1. The van der Waals surface area contributed by atoms with Crippen molar-refractivity contribution in [1.82, 2.24) is 25.0 Å². The lowest BCUT2D eigenvalue weighted by molar-refractivity contribution is 0.1000. The summed E-state index contributed by atoms with van der Waals surface area (Å²) in [5, 5.41) is 17.9. The van der Waals surface area contributed by atoms with Gasteiger partial charge in [0, 0.05) is 43.1 Å². The summed E-state index contributed by atoms with van der Waals surface area (Å²) in [4.78, 5) is 30.1. The summed E-state index contributed by atoms with van der Waals surface area (Å²) in [7, 11) is 1.62. The molecule has 1 amide bonds. The number of likely N-dealkylation sites (tertiary alicyclic amines) is 1. The van der Waals surface area contributed by atoms with Crippen LogP contribution in [0.2, 0.25) is 0 Å². The maximum absolute atomic E-state index is 12.8. The number of hydrogen-bond acceptors (Lipinski definition) is 7. The van der Waals surface area contributed by atoms with Gasteiger partial charge in [0.2, 0.25) is 5.91 Å². The second kappa shape index (κ2) is 11.3. The molecule has 0 spiro atoms. The van der Waals surface area contributed by atoms with Crippen LogP contribution in [0.25, 0.3) is 5.70 Å². The maximum Gasteiger partial charge on any atom is 0.343 e. The first-order valence-corrected chi connectivity index (χ1v) is 14.3. The monoisotopic (exact) mass is 566 g/mol. The number of nitrogens with one attached hydrogen (secondary N) is 2. The van der Waals surface area contributed by atoms with Crippen LogP contribution in [0.5, 0.6) is 0 Å². The van der Waals surface area contributed by atoms with Crippen molar-refractivity contribution in [2.45, 2.75) is 56.5 Å². The number of H-pyrrole nitrogens is 1. The second-order valence-corrected chi connectivity index (χ2v) is 11.5. The topological polar surface area (TPSA) is 159 Å². The molecule has 6 N–H and O–H groups in total. The molecule has 1 fully saturated rings. The van der Waals surface area contributed by atoms with Crippen molar-refractivity contribution in [3.8, 4) is 6.07 Å². The lowest BCUT2D eigenvalue weighted by Crippen LogP contribution is -2.42. The Hall–Kier alpha value is -4.62. The van der Waals surface area contributed by atoms with E-state index in [0.717, 1.165) is 52.9 Å². The fourth-order valence-corrected chi connectivity index (χ4v) is 6.57. The van der Waals surface area contributed by atoms with E-state index in [2.05, 4.69) is 53.5 Å². The van der Waals surface area contributed by atoms with Crippen molar-refractivity contribution in [2.24, 2.45) is 18.5 Å². The molecule has 0 radical (unpaired) electrons. The van der Waals surface area contributed by atoms with E-state index in [0.29, 0.717) is 42.9 Å². The molecular weight excluding hydrogens is 528 g/mol. The van der Waals surface area contributed by atoms with Crippen molar-refractivity contribution in [3.63, 3.8) is 0 Å². The van der Waals surface area contributed by atoms with Gasteiger partial charge in [-0.25, -0.2) is 9.48 Å². The minimum Gasteiger partial charge on any atom is -0.399 e. The summed E-state index contributed by atoms with van der Waals surface area (Å²) in [5.74, 6) is 0.0198. The Balaban J connectivity index is 1.64. The van der Waals surface area contributed by atoms with Crippen LogP contribution in [0.3, 0.4) is 0 Å². The van der Waals surface area contributed by atoms with E-state index in [9.17, 15) is 14.9 Å². The Morgan fingerprint density at radius 1 is 1.19 bits per heavy atom. The summed E-state index contributed by atoms with van der Waals surface area (Å²) in [6, 6.07) is 13.8. The molecule has 1 aliphatic heterocycles. The maximum atomic E-state index is 12.8. The first-order valence-electron chi connectivity index (χ1n) is 14.3. The third kappa shape index (κ3) is 5.12. The van der Waals surface area contributed by atoms with Crippen molar-refractivity contribution in [2.75, 3.05) is 13.1 Å². The molecule has 1 aromatic heterocycles. The van der Waals surface area contributed by atoms with Crippen molar-refractivity contribution >= 4 is 11.6 Å². The summed E-state index contributed by atoms with van der Waals surface area (Å²) < 4.78 is 1.31. The van der Waals surface area contributed by atoms with Crippen molar-refractivity contribution in [1.29, 1.82) is 5.26 Å². The molecular formula is C32H38N8O2. The molecule has 2 heterocycles.